The van der Waals surface area contributed by atoms with Crippen LogP contribution < -0.4 is 5.32 Å². The van der Waals surface area contributed by atoms with Crippen LogP contribution in [-0.2, 0) is 6.54 Å². The van der Waals surface area contributed by atoms with Crippen LogP contribution in [0.15, 0.2) is 18.2 Å². The largest absolute Gasteiger partial charge is 0.312 e. The van der Waals surface area contributed by atoms with E-state index < -0.39 is 0 Å². The van der Waals surface area contributed by atoms with Crippen LogP contribution in [0.4, 0.5) is 0 Å². The van der Waals surface area contributed by atoms with E-state index in [0.29, 0.717) is 5.02 Å². The van der Waals surface area contributed by atoms with Crippen LogP contribution in [0.5, 0.6) is 0 Å². The Hall–Kier alpha value is -0.240. The molecule has 16 heavy (non-hydrogen) atoms. The van der Waals surface area contributed by atoms with Crippen LogP contribution >= 0.6 is 23.2 Å². The fraction of sp³-hybridized carbons (Fsp3) is 0.538. The van der Waals surface area contributed by atoms with Gasteiger partial charge in [-0.05, 0) is 48.9 Å². The van der Waals surface area contributed by atoms with Gasteiger partial charge >= 0.3 is 0 Å². The average Bonchev–Trinajstić information content (AvgIpc) is 3.04. The topological polar surface area (TPSA) is 12.0 Å². The predicted octanol–water partition coefficient (Wildman–Crippen LogP) is 4.13. The summed E-state index contributed by atoms with van der Waals surface area (Å²) in [6, 6.07) is 5.67. The highest BCUT2D eigenvalue weighted by molar-refractivity contribution is 6.35. The lowest BCUT2D eigenvalue weighted by atomic mass is 10.1. The summed E-state index contributed by atoms with van der Waals surface area (Å²) in [5, 5.41) is 4.90. The van der Waals surface area contributed by atoms with Gasteiger partial charge in [-0.25, -0.2) is 0 Å². The van der Waals surface area contributed by atoms with Crippen molar-refractivity contribution in [2.45, 2.75) is 26.3 Å². The summed E-state index contributed by atoms with van der Waals surface area (Å²) in [6.45, 7) is 4.21. The minimum Gasteiger partial charge on any atom is -0.312 e. The van der Waals surface area contributed by atoms with Crippen LogP contribution in [0.3, 0.4) is 0 Å². The van der Waals surface area contributed by atoms with E-state index in [1.54, 1.807) is 6.07 Å². The zero-order valence-corrected chi connectivity index (χ0v) is 11.0. The highest BCUT2D eigenvalue weighted by Gasteiger charge is 2.27. The molecule has 2 rings (SSSR count). The summed E-state index contributed by atoms with van der Waals surface area (Å²) < 4.78 is 0. The Morgan fingerprint density at radius 2 is 2.12 bits per heavy atom. The van der Waals surface area contributed by atoms with Crippen molar-refractivity contribution in [3.05, 3.63) is 33.8 Å². The molecule has 0 aliphatic heterocycles. The van der Waals surface area contributed by atoms with E-state index >= 15 is 0 Å². The van der Waals surface area contributed by atoms with Gasteiger partial charge in [-0.3, -0.25) is 0 Å². The number of hydrogen-bond donors (Lipinski definition) is 1. The third-order valence-electron chi connectivity index (χ3n) is 3.22. The SMILES string of the molecule is CC(CNCc1ccc(Cl)cc1Cl)C1CC1. The minimum atomic E-state index is 0.695. The third kappa shape index (κ3) is 3.38. The Morgan fingerprint density at radius 1 is 1.38 bits per heavy atom. The second-order valence-corrected chi connectivity index (χ2v) is 5.52. The summed E-state index contributed by atoms with van der Waals surface area (Å²) in [5.41, 5.74) is 1.12. The zero-order valence-electron chi connectivity index (χ0n) is 9.47. The van der Waals surface area contributed by atoms with E-state index in [-0.39, 0.29) is 0 Å². The molecule has 0 radical (unpaired) electrons. The second-order valence-electron chi connectivity index (χ2n) is 4.68. The zero-order chi connectivity index (χ0) is 11.5. The van der Waals surface area contributed by atoms with E-state index in [0.717, 1.165) is 35.5 Å². The first-order valence-corrected chi connectivity index (χ1v) is 6.57. The third-order valence-corrected chi connectivity index (χ3v) is 3.81. The maximum Gasteiger partial charge on any atom is 0.0465 e. The van der Waals surface area contributed by atoms with Crippen LogP contribution in [-0.4, -0.2) is 6.54 Å². The van der Waals surface area contributed by atoms with Crippen molar-refractivity contribution in [2.24, 2.45) is 11.8 Å². The summed E-state index contributed by atoms with van der Waals surface area (Å²) in [6.07, 6.45) is 2.81. The molecule has 1 aliphatic rings. The van der Waals surface area contributed by atoms with Crippen molar-refractivity contribution in [1.29, 1.82) is 0 Å². The highest BCUT2D eigenvalue weighted by atomic mass is 35.5. The van der Waals surface area contributed by atoms with Crippen molar-refractivity contribution in [3.63, 3.8) is 0 Å². The molecule has 0 saturated heterocycles. The molecule has 0 aromatic heterocycles. The normalized spacial score (nSPS) is 17.4. The molecule has 0 spiro atoms. The lowest BCUT2D eigenvalue weighted by molar-refractivity contribution is 0.461. The molecule has 1 aromatic rings. The van der Waals surface area contributed by atoms with Gasteiger partial charge in [-0.15, -0.1) is 0 Å². The molecule has 1 N–H and O–H groups in total. The highest BCUT2D eigenvalue weighted by Crippen LogP contribution is 2.36. The maximum absolute atomic E-state index is 6.10. The molecule has 0 bridgehead atoms. The molecule has 0 heterocycles. The molecule has 3 heteroatoms. The van der Waals surface area contributed by atoms with E-state index in [9.17, 15) is 0 Å². The smallest absolute Gasteiger partial charge is 0.0465 e. The molecule has 1 saturated carbocycles. The molecule has 88 valence electrons. The van der Waals surface area contributed by atoms with E-state index in [1.165, 1.54) is 12.8 Å². The van der Waals surface area contributed by atoms with Crippen LogP contribution in [0, 0.1) is 11.8 Å². The molecule has 1 atom stereocenters. The van der Waals surface area contributed by atoms with Crippen LogP contribution in [0.1, 0.15) is 25.3 Å². The Balaban J connectivity index is 1.80. The molecule has 1 fully saturated rings. The van der Waals surface area contributed by atoms with Crippen LogP contribution in [0.25, 0.3) is 0 Å². The molecular formula is C13H17Cl2N. The summed E-state index contributed by atoms with van der Waals surface area (Å²) in [4.78, 5) is 0. The lowest BCUT2D eigenvalue weighted by Crippen LogP contribution is -2.21. The number of nitrogens with one attached hydrogen (secondary N) is 1. The van der Waals surface area contributed by atoms with Crippen molar-refractivity contribution < 1.29 is 0 Å². The molecule has 1 aromatic carbocycles. The van der Waals surface area contributed by atoms with Crippen molar-refractivity contribution in [2.75, 3.05) is 6.54 Å². The van der Waals surface area contributed by atoms with Gasteiger partial charge in [0.25, 0.3) is 0 Å². The van der Waals surface area contributed by atoms with E-state index in [4.69, 9.17) is 23.2 Å². The first-order chi connectivity index (χ1) is 7.66. The molecule has 1 unspecified atom stereocenters. The van der Waals surface area contributed by atoms with E-state index in [2.05, 4.69) is 12.2 Å². The Morgan fingerprint density at radius 3 is 2.75 bits per heavy atom. The van der Waals surface area contributed by atoms with Crippen molar-refractivity contribution >= 4 is 23.2 Å². The first kappa shape index (κ1) is 12.2. The fourth-order valence-corrected chi connectivity index (χ4v) is 2.41. The Labute approximate surface area is 107 Å². The summed E-state index contributed by atoms with van der Waals surface area (Å²) in [7, 11) is 0. The lowest BCUT2D eigenvalue weighted by Gasteiger charge is -2.12. The first-order valence-electron chi connectivity index (χ1n) is 5.81. The number of benzene rings is 1. The quantitative estimate of drug-likeness (QED) is 0.837. The molecule has 0 amide bonds. The maximum atomic E-state index is 6.10. The van der Waals surface area contributed by atoms with Gasteiger partial charge in [0.1, 0.15) is 0 Å². The number of hydrogen-bond acceptors (Lipinski definition) is 1. The number of rotatable bonds is 5. The fourth-order valence-electron chi connectivity index (χ4n) is 1.93. The van der Waals surface area contributed by atoms with Crippen molar-refractivity contribution in [1.82, 2.24) is 5.32 Å². The molecule has 1 nitrogen and oxygen atoms in total. The second kappa shape index (κ2) is 5.39. The monoisotopic (exact) mass is 257 g/mol. The van der Waals surface area contributed by atoms with Gasteiger partial charge in [-0.1, -0.05) is 36.2 Å². The van der Waals surface area contributed by atoms with Gasteiger partial charge in [0.15, 0.2) is 0 Å². The van der Waals surface area contributed by atoms with Gasteiger partial charge in [0, 0.05) is 16.6 Å². The van der Waals surface area contributed by atoms with Gasteiger partial charge in [0.05, 0.1) is 0 Å². The van der Waals surface area contributed by atoms with Gasteiger partial charge < -0.3 is 5.32 Å². The minimum absolute atomic E-state index is 0.695. The predicted molar refractivity (Wildman–Crippen MR) is 70.1 cm³/mol. The number of halogens is 2. The van der Waals surface area contributed by atoms with Crippen molar-refractivity contribution in [3.8, 4) is 0 Å². The van der Waals surface area contributed by atoms with Crippen LogP contribution in [0.2, 0.25) is 10.0 Å². The van der Waals surface area contributed by atoms with Gasteiger partial charge in [-0.2, -0.15) is 0 Å². The van der Waals surface area contributed by atoms with E-state index in [1.807, 2.05) is 12.1 Å². The molecule has 1 aliphatic carbocycles. The van der Waals surface area contributed by atoms with Gasteiger partial charge in [0.2, 0.25) is 0 Å². The molecular weight excluding hydrogens is 241 g/mol. The average molecular weight is 258 g/mol. The standard InChI is InChI=1S/C13H17Cl2N/c1-9(10-2-3-10)7-16-8-11-4-5-12(14)6-13(11)15/h4-6,9-10,16H,2-3,7-8H2,1H3. The Bertz CT molecular complexity index is 361. The summed E-state index contributed by atoms with van der Waals surface area (Å²) in [5.74, 6) is 1.74. The Kier molecular flexibility index (Phi) is 4.12. The summed E-state index contributed by atoms with van der Waals surface area (Å²) >= 11 is 11.9.